The highest BCUT2D eigenvalue weighted by Gasteiger charge is 2.59. The number of nitrogens with two attached hydrogens (primary N) is 1. The van der Waals surface area contributed by atoms with Gasteiger partial charge in [0.15, 0.2) is 18.1 Å². The summed E-state index contributed by atoms with van der Waals surface area (Å²) in [5, 5.41) is 5.15. The third-order valence-corrected chi connectivity index (χ3v) is 5.41. The van der Waals surface area contributed by atoms with E-state index < -0.39 is 5.91 Å². The number of hydrogen-bond acceptors (Lipinski definition) is 6. The second-order valence-electron chi connectivity index (χ2n) is 7.13. The lowest BCUT2D eigenvalue weighted by Crippen LogP contribution is -2.28. The van der Waals surface area contributed by atoms with Crippen LogP contribution in [0.1, 0.15) is 18.9 Å². The number of hydrazone groups is 1. The first-order valence-corrected chi connectivity index (χ1v) is 9.27. The molecule has 0 radical (unpaired) electrons. The zero-order valence-corrected chi connectivity index (χ0v) is 15.4. The van der Waals surface area contributed by atoms with Gasteiger partial charge in [-0.25, -0.2) is 0 Å². The minimum absolute atomic E-state index is 0.151. The Labute approximate surface area is 162 Å². The average Bonchev–Trinajstić information content (AvgIpc) is 3.34. The molecular weight excluding hydrogens is 362 g/mol. The van der Waals surface area contributed by atoms with Crippen LogP contribution in [0.4, 0.5) is 0 Å². The molecule has 2 bridgehead atoms. The van der Waals surface area contributed by atoms with Gasteiger partial charge in [0.05, 0.1) is 24.7 Å². The fraction of sp³-hybridized carbons (Fsp3) is 0.400. The molecule has 28 heavy (non-hydrogen) atoms. The molecule has 1 aromatic rings. The average molecular weight is 383 g/mol. The summed E-state index contributed by atoms with van der Waals surface area (Å²) in [5.41, 5.74) is 5.73. The number of rotatable bonds is 7. The summed E-state index contributed by atoms with van der Waals surface area (Å²) in [6, 6.07) is 4.99. The van der Waals surface area contributed by atoms with Gasteiger partial charge in [-0.15, -0.1) is 0 Å². The normalized spacial score (nSPS) is 27.7. The molecule has 1 aromatic carbocycles. The zero-order valence-electron chi connectivity index (χ0n) is 15.4. The number of nitrogens with zero attached hydrogens (tertiary/aromatic N) is 2. The maximum absolute atomic E-state index is 12.7. The lowest BCUT2D eigenvalue weighted by atomic mass is 9.85. The number of primary amides is 1. The molecule has 1 heterocycles. The van der Waals surface area contributed by atoms with Gasteiger partial charge < -0.3 is 15.2 Å². The van der Waals surface area contributed by atoms with E-state index in [-0.39, 0.29) is 42.1 Å². The standard InChI is InChI=1S/C20H21N3O5/c1-2-27-15-7-11(3-6-14(15)28-10-16(21)24)9-22-23-19(25)17-12-4-5-13(8-12)18(17)20(23)26/h3-7,9,12-13,17-18H,2,8,10H2,1H3,(H2,21,24). The maximum atomic E-state index is 12.7. The van der Waals surface area contributed by atoms with Crippen molar-refractivity contribution >= 4 is 23.9 Å². The van der Waals surface area contributed by atoms with Crippen molar-refractivity contribution < 1.29 is 23.9 Å². The first kappa shape index (κ1) is 18.2. The molecule has 2 aliphatic carbocycles. The number of fused-ring (bicyclic) bond motifs is 5. The summed E-state index contributed by atoms with van der Waals surface area (Å²) in [6.45, 7) is 1.96. The van der Waals surface area contributed by atoms with Crippen molar-refractivity contribution in [1.82, 2.24) is 5.01 Å². The Bertz CT molecular complexity index is 864. The highest BCUT2D eigenvalue weighted by atomic mass is 16.5. The first-order chi connectivity index (χ1) is 13.5. The maximum Gasteiger partial charge on any atom is 0.255 e. The Morgan fingerprint density at radius 2 is 1.86 bits per heavy atom. The number of carbonyl (C=O) groups is 3. The molecule has 4 rings (SSSR count). The van der Waals surface area contributed by atoms with Crippen LogP contribution in [0, 0.1) is 23.7 Å². The van der Waals surface area contributed by atoms with E-state index in [0.717, 1.165) is 11.4 Å². The van der Waals surface area contributed by atoms with Crippen LogP contribution in [0.15, 0.2) is 35.5 Å². The summed E-state index contributed by atoms with van der Waals surface area (Å²) < 4.78 is 10.9. The van der Waals surface area contributed by atoms with Crippen molar-refractivity contribution in [3.63, 3.8) is 0 Å². The van der Waals surface area contributed by atoms with Crippen LogP contribution in [0.5, 0.6) is 11.5 Å². The van der Waals surface area contributed by atoms with Gasteiger partial charge in [-0.3, -0.25) is 14.4 Å². The molecule has 8 nitrogen and oxygen atoms in total. The molecule has 1 saturated heterocycles. The molecule has 8 heteroatoms. The number of allylic oxidation sites excluding steroid dienone is 2. The monoisotopic (exact) mass is 383 g/mol. The fourth-order valence-corrected chi connectivity index (χ4v) is 4.27. The molecule has 3 amide bonds. The summed E-state index contributed by atoms with van der Waals surface area (Å²) in [4.78, 5) is 36.2. The van der Waals surface area contributed by atoms with Gasteiger partial charge in [-0.2, -0.15) is 10.1 Å². The van der Waals surface area contributed by atoms with Gasteiger partial charge in [0.25, 0.3) is 17.7 Å². The molecule has 1 aliphatic heterocycles. The minimum atomic E-state index is -0.590. The van der Waals surface area contributed by atoms with Gasteiger partial charge in [-0.05, 0) is 48.9 Å². The number of carbonyl (C=O) groups excluding carboxylic acids is 3. The van der Waals surface area contributed by atoms with Crippen molar-refractivity contribution in [1.29, 1.82) is 0 Å². The number of hydrogen-bond donors (Lipinski definition) is 1. The summed E-state index contributed by atoms with van der Waals surface area (Å²) in [5.74, 6) is -0.492. The van der Waals surface area contributed by atoms with E-state index in [1.54, 1.807) is 18.2 Å². The van der Waals surface area contributed by atoms with E-state index in [4.69, 9.17) is 15.2 Å². The van der Waals surface area contributed by atoms with E-state index in [0.29, 0.717) is 23.7 Å². The van der Waals surface area contributed by atoms with Gasteiger partial charge in [-0.1, -0.05) is 12.2 Å². The summed E-state index contributed by atoms with van der Waals surface area (Å²) in [7, 11) is 0. The number of benzene rings is 1. The van der Waals surface area contributed by atoms with Crippen LogP contribution in [0.3, 0.4) is 0 Å². The van der Waals surface area contributed by atoms with E-state index in [2.05, 4.69) is 5.10 Å². The van der Waals surface area contributed by atoms with E-state index in [1.165, 1.54) is 6.21 Å². The van der Waals surface area contributed by atoms with Gasteiger partial charge in [0, 0.05) is 0 Å². The SMILES string of the molecule is CCOc1cc(C=NN2C(=O)C3C4C=CC(C4)C3C2=O)ccc1OCC(N)=O. The second kappa shape index (κ2) is 7.10. The molecule has 2 fully saturated rings. The number of amides is 3. The molecule has 3 aliphatic rings. The number of ether oxygens (including phenoxy) is 2. The minimum Gasteiger partial charge on any atom is -0.490 e. The van der Waals surface area contributed by atoms with Crippen LogP contribution in [0.25, 0.3) is 0 Å². The van der Waals surface area contributed by atoms with Crippen LogP contribution >= 0.6 is 0 Å². The molecule has 146 valence electrons. The van der Waals surface area contributed by atoms with Crippen LogP contribution < -0.4 is 15.2 Å². The highest BCUT2D eigenvalue weighted by Crippen LogP contribution is 2.52. The number of imide groups is 1. The molecule has 4 unspecified atom stereocenters. The Balaban J connectivity index is 1.51. The van der Waals surface area contributed by atoms with Gasteiger partial charge in [0.2, 0.25) is 0 Å². The predicted molar refractivity (Wildman–Crippen MR) is 99.5 cm³/mol. The molecular formula is C20H21N3O5. The Kier molecular flexibility index (Phi) is 4.62. The smallest absolute Gasteiger partial charge is 0.255 e. The largest absolute Gasteiger partial charge is 0.490 e. The molecule has 0 aromatic heterocycles. The van der Waals surface area contributed by atoms with Crippen molar-refractivity contribution in [3.05, 3.63) is 35.9 Å². The lowest BCUT2D eigenvalue weighted by molar-refractivity contribution is -0.140. The van der Waals surface area contributed by atoms with Gasteiger partial charge >= 0.3 is 0 Å². The van der Waals surface area contributed by atoms with Crippen molar-refractivity contribution in [2.24, 2.45) is 34.5 Å². The molecule has 0 spiro atoms. The fourth-order valence-electron chi connectivity index (χ4n) is 4.27. The molecule has 4 atom stereocenters. The van der Waals surface area contributed by atoms with Gasteiger partial charge in [0.1, 0.15) is 0 Å². The van der Waals surface area contributed by atoms with Crippen LogP contribution in [0.2, 0.25) is 0 Å². The highest BCUT2D eigenvalue weighted by molar-refractivity contribution is 6.06. The lowest BCUT2D eigenvalue weighted by Gasteiger charge is -2.13. The second-order valence-corrected chi connectivity index (χ2v) is 7.13. The summed E-state index contributed by atoms with van der Waals surface area (Å²) in [6.07, 6.45) is 6.42. The van der Waals surface area contributed by atoms with E-state index >= 15 is 0 Å². The van der Waals surface area contributed by atoms with Crippen LogP contribution in [-0.4, -0.2) is 42.2 Å². The van der Waals surface area contributed by atoms with Crippen LogP contribution in [-0.2, 0) is 14.4 Å². The molecule has 2 N–H and O–H groups in total. The van der Waals surface area contributed by atoms with E-state index in [9.17, 15) is 14.4 Å². The summed E-state index contributed by atoms with van der Waals surface area (Å²) >= 11 is 0. The third kappa shape index (κ3) is 3.04. The zero-order chi connectivity index (χ0) is 19.8. The first-order valence-electron chi connectivity index (χ1n) is 9.27. The third-order valence-electron chi connectivity index (χ3n) is 5.41. The van der Waals surface area contributed by atoms with E-state index in [1.807, 2.05) is 19.1 Å². The Hall–Kier alpha value is -3.16. The topological polar surface area (TPSA) is 111 Å². The quantitative estimate of drug-likeness (QED) is 0.430. The Morgan fingerprint density at radius 1 is 1.18 bits per heavy atom. The predicted octanol–water partition coefficient (Wildman–Crippen LogP) is 1.09. The Morgan fingerprint density at radius 3 is 2.46 bits per heavy atom. The molecule has 1 saturated carbocycles. The van der Waals surface area contributed by atoms with Crippen molar-refractivity contribution in [2.75, 3.05) is 13.2 Å². The van der Waals surface area contributed by atoms with Crippen molar-refractivity contribution in [3.8, 4) is 11.5 Å². The van der Waals surface area contributed by atoms with Crippen molar-refractivity contribution in [2.45, 2.75) is 13.3 Å².